The highest BCUT2D eigenvalue weighted by Gasteiger charge is 2.25. The van der Waals surface area contributed by atoms with E-state index >= 15 is 0 Å². The predicted octanol–water partition coefficient (Wildman–Crippen LogP) is 4.12. The van der Waals surface area contributed by atoms with Crippen molar-refractivity contribution in [3.63, 3.8) is 0 Å². The largest absolute Gasteiger partial charge is 0.507 e. The van der Waals surface area contributed by atoms with Crippen molar-refractivity contribution in [3.05, 3.63) is 95.1 Å². The molecule has 0 radical (unpaired) electrons. The molecule has 0 heterocycles. The summed E-state index contributed by atoms with van der Waals surface area (Å²) in [5.41, 5.74) is 3.36. The molecular formula is C23H22N2O3. The molecule has 5 nitrogen and oxygen atoms in total. The second kappa shape index (κ2) is 8.39. The average Bonchev–Trinajstić information content (AvgIpc) is 2.69. The molecule has 28 heavy (non-hydrogen) atoms. The summed E-state index contributed by atoms with van der Waals surface area (Å²) in [5, 5.41) is 15.6. The number of hydrogen-bond donors (Lipinski definition) is 3. The van der Waals surface area contributed by atoms with Crippen molar-refractivity contribution in [3.8, 4) is 5.75 Å². The quantitative estimate of drug-likeness (QED) is 0.629. The first-order valence-electron chi connectivity index (χ1n) is 8.98. The number of hydrogen-bond acceptors (Lipinski definition) is 3. The molecule has 0 aliphatic carbocycles. The van der Waals surface area contributed by atoms with Crippen LogP contribution in [-0.2, 0) is 4.79 Å². The molecule has 3 aromatic rings. The van der Waals surface area contributed by atoms with Crippen LogP contribution in [0, 0.1) is 13.8 Å². The average molecular weight is 374 g/mol. The number of para-hydroxylation sites is 2. The van der Waals surface area contributed by atoms with Crippen molar-refractivity contribution in [2.45, 2.75) is 19.9 Å². The van der Waals surface area contributed by atoms with Gasteiger partial charge in [0.05, 0.1) is 5.56 Å². The van der Waals surface area contributed by atoms with E-state index in [0.717, 1.165) is 16.8 Å². The Hall–Kier alpha value is -3.60. The van der Waals surface area contributed by atoms with Crippen LogP contribution in [0.4, 0.5) is 5.69 Å². The summed E-state index contributed by atoms with van der Waals surface area (Å²) in [5.74, 6) is -1.02. The highest BCUT2D eigenvalue weighted by molar-refractivity contribution is 6.03. The Balaban J connectivity index is 1.90. The molecule has 1 atom stereocenters. The number of phenolic OH excluding ortho intramolecular Hbond substituents is 1. The number of amides is 2. The second-order valence-electron chi connectivity index (χ2n) is 6.59. The van der Waals surface area contributed by atoms with Gasteiger partial charge < -0.3 is 15.7 Å². The van der Waals surface area contributed by atoms with Gasteiger partial charge in [-0.2, -0.15) is 0 Å². The Kier molecular flexibility index (Phi) is 5.75. The van der Waals surface area contributed by atoms with Gasteiger partial charge in [-0.15, -0.1) is 0 Å². The summed E-state index contributed by atoms with van der Waals surface area (Å²) in [6.07, 6.45) is 0. The SMILES string of the molecule is Cc1cccc(C)c1NC(=O)[C@@H](NC(=O)c1ccccc1O)c1ccccc1. The number of anilines is 1. The van der Waals surface area contributed by atoms with Gasteiger partial charge in [0.15, 0.2) is 0 Å². The zero-order chi connectivity index (χ0) is 20.1. The van der Waals surface area contributed by atoms with E-state index in [1.165, 1.54) is 12.1 Å². The third-order valence-corrected chi connectivity index (χ3v) is 4.55. The van der Waals surface area contributed by atoms with E-state index in [1.807, 2.05) is 38.1 Å². The molecule has 142 valence electrons. The van der Waals surface area contributed by atoms with E-state index in [-0.39, 0.29) is 17.2 Å². The van der Waals surface area contributed by atoms with Gasteiger partial charge in [-0.1, -0.05) is 60.7 Å². The van der Waals surface area contributed by atoms with Crippen LogP contribution in [0.15, 0.2) is 72.8 Å². The third-order valence-electron chi connectivity index (χ3n) is 4.55. The van der Waals surface area contributed by atoms with Gasteiger partial charge in [0.25, 0.3) is 11.8 Å². The van der Waals surface area contributed by atoms with Crippen LogP contribution in [-0.4, -0.2) is 16.9 Å². The first-order valence-corrected chi connectivity index (χ1v) is 8.98. The molecule has 5 heteroatoms. The number of aromatic hydroxyl groups is 1. The van der Waals surface area contributed by atoms with Crippen molar-refractivity contribution < 1.29 is 14.7 Å². The molecule has 0 saturated carbocycles. The molecular weight excluding hydrogens is 352 g/mol. The molecule has 0 saturated heterocycles. The van der Waals surface area contributed by atoms with Crippen LogP contribution in [0.2, 0.25) is 0 Å². The number of rotatable bonds is 5. The maximum absolute atomic E-state index is 13.1. The Morgan fingerprint density at radius 1 is 0.821 bits per heavy atom. The number of carbonyl (C=O) groups is 2. The van der Waals surface area contributed by atoms with Gasteiger partial charge in [0, 0.05) is 5.69 Å². The molecule has 0 aliphatic rings. The van der Waals surface area contributed by atoms with Crippen molar-refractivity contribution in [2.24, 2.45) is 0 Å². The van der Waals surface area contributed by atoms with Crippen LogP contribution in [0.5, 0.6) is 5.75 Å². The first kappa shape index (κ1) is 19.2. The normalized spacial score (nSPS) is 11.5. The topological polar surface area (TPSA) is 78.4 Å². The lowest BCUT2D eigenvalue weighted by atomic mass is 10.0. The zero-order valence-corrected chi connectivity index (χ0v) is 15.8. The molecule has 0 fully saturated rings. The Morgan fingerprint density at radius 3 is 2.07 bits per heavy atom. The van der Waals surface area contributed by atoms with Gasteiger partial charge in [0.1, 0.15) is 11.8 Å². The molecule has 2 amide bonds. The lowest BCUT2D eigenvalue weighted by molar-refractivity contribution is -0.118. The number of carbonyl (C=O) groups excluding carboxylic acids is 2. The number of benzene rings is 3. The van der Waals surface area contributed by atoms with Crippen LogP contribution in [0.3, 0.4) is 0 Å². The van der Waals surface area contributed by atoms with Crippen molar-refractivity contribution in [1.29, 1.82) is 0 Å². The van der Waals surface area contributed by atoms with E-state index in [0.29, 0.717) is 5.56 Å². The minimum absolute atomic E-state index is 0.114. The second-order valence-corrected chi connectivity index (χ2v) is 6.59. The maximum atomic E-state index is 13.1. The molecule has 0 aromatic heterocycles. The fraction of sp³-hybridized carbons (Fsp3) is 0.130. The van der Waals surface area contributed by atoms with E-state index in [2.05, 4.69) is 10.6 Å². The first-order chi connectivity index (χ1) is 13.5. The van der Waals surface area contributed by atoms with E-state index in [1.54, 1.807) is 36.4 Å². The van der Waals surface area contributed by atoms with Crippen molar-refractivity contribution in [2.75, 3.05) is 5.32 Å². The highest BCUT2D eigenvalue weighted by atomic mass is 16.3. The molecule has 0 bridgehead atoms. The lowest BCUT2D eigenvalue weighted by Crippen LogP contribution is -2.37. The summed E-state index contributed by atoms with van der Waals surface area (Å²) in [7, 11) is 0. The number of phenols is 1. The monoisotopic (exact) mass is 374 g/mol. The van der Waals surface area contributed by atoms with E-state index in [4.69, 9.17) is 0 Å². The van der Waals surface area contributed by atoms with Crippen LogP contribution in [0.25, 0.3) is 0 Å². The van der Waals surface area contributed by atoms with E-state index in [9.17, 15) is 14.7 Å². The standard InChI is InChI=1S/C23H22N2O3/c1-15-9-8-10-16(2)20(15)24-23(28)21(17-11-4-3-5-12-17)25-22(27)18-13-6-7-14-19(18)26/h3-14,21,26H,1-2H3,(H,24,28)(H,25,27)/t21-/m0/s1. The number of nitrogens with one attached hydrogen (secondary N) is 2. The van der Waals surface area contributed by atoms with Crippen LogP contribution < -0.4 is 10.6 Å². The van der Waals surface area contributed by atoms with Gasteiger partial charge in [-0.3, -0.25) is 9.59 Å². The van der Waals surface area contributed by atoms with Crippen LogP contribution >= 0.6 is 0 Å². The minimum atomic E-state index is -0.910. The summed E-state index contributed by atoms with van der Waals surface area (Å²) < 4.78 is 0. The Bertz CT molecular complexity index is 979. The van der Waals surface area contributed by atoms with Gasteiger partial charge in [0.2, 0.25) is 0 Å². The third kappa shape index (κ3) is 4.20. The fourth-order valence-electron chi connectivity index (χ4n) is 3.03. The van der Waals surface area contributed by atoms with Gasteiger partial charge in [-0.05, 0) is 42.7 Å². The molecule has 3 N–H and O–H groups in total. The molecule has 3 rings (SSSR count). The predicted molar refractivity (Wildman–Crippen MR) is 109 cm³/mol. The molecule has 0 aliphatic heterocycles. The summed E-state index contributed by atoms with van der Waals surface area (Å²) in [4.78, 5) is 25.8. The summed E-state index contributed by atoms with van der Waals surface area (Å²) in [6.45, 7) is 3.83. The smallest absolute Gasteiger partial charge is 0.255 e. The zero-order valence-electron chi connectivity index (χ0n) is 15.8. The van der Waals surface area contributed by atoms with Gasteiger partial charge in [-0.25, -0.2) is 0 Å². The number of aryl methyl sites for hydroxylation is 2. The van der Waals surface area contributed by atoms with E-state index < -0.39 is 11.9 Å². The Morgan fingerprint density at radius 2 is 1.43 bits per heavy atom. The summed E-state index contributed by atoms with van der Waals surface area (Å²) in [6, 6.07) is 20.1. The van der Waals surface area contributed by atoms with Crippen LogP contribution in [0.1, 0.15) is 33.1 Å². The van der Waals surface area contributed by atoms with Gasteiger partial charge >= 0.3 is 0 Å². The lowest BCUT2D eigenvalue weighted by Gasteiger charge is -2.21. The Labute approximate surface area is 164 Å². The summed E-state index contributed by atoms with van der Waals surface area (Å²) >= 11 is 0. The molecule has 0 spiro atoms. The van der Waals surface area contributed by atoms with Crippen molar-refractivity contribution >= 4 is 17.5 Å². The minimum Gasteiger partial charge on any atom is -0.507 e. The highest BCUT2D eigenvalue weighted by Crippen LogP contribution is 2.23. The maximum Gasteiger partial charge on any atom is 0.255 e. The van der Waals surface area contributed by atoms with Crippen molar-refractivity contribution in [1.82, 2.24) is 5.32 Å². The molecule has 0 unspecified atom stereocenters. The fourth-order valence-corrected chi connectivity index (χ4v) is 3.03. The molecule has 3 aromatic carbocycles.